The smallest absolute Gasteiger partial charge is 0.188 e. The molecule has 70 valence electrons. The zero-order chi connectivity index (χ0) is 9.40. The number of thiol groups is 1. The van der Waals surface area contributed by atoms with Crippen LogP contribution in [0.1, 0.15) is 32.6 Å². The van der Waals surface area contributed by atoms with Crippen molar-refractivity contribution in [2.45, 2.75) is 32.6 Å². The molecule has 0 bridgehead atoms. The predicted molar refractivity (Wildman–Crippen MR) is 55.6 cm³/mol. The van der Waals surface area contributed by atoms with Gasteiger partial charge in [0.05, 0.1) is 0 Å². The molecular weight excluding hydrogens is 192 g/mol. The molecule has 0 aliphatic rings. The van der Waals surface area contributed by atoms with E-state index in [4.69, 9.17) is 0 Å². The third-order valence-corrected chi connectivity index (χ3v) is 2.49. The third kappa shape index (κ3) is 8.14. The Bertz CT molecular complexity index is 157. The number of rotatable bonds is 6. The summed E-state index contributed by atoms with van der Waals surface area (Å²) in [7, 11) is 0. The average molecular weight is 206 g/mol. The van der Waals surface area contributed by atoms with E-state index in [9.17, 15) is 9.59 Å². The lowest BCUT2D eigenvalue weighted by molar-refractivity contribution is -0.111. The molecule has 4 heteroatoms. The molecule has 0 aromatic carbocycles. The summed E-state index contributed by atoms with van der Waals surface area (Å²) in [5, 5.41) is 0.127. The maximum Gasteiger partial charge on any atom is 0.188 e. The van der Waals surface area contributed by atoms with Crippen molar-refractivity contribution in [3.05, 3.63) is 0 Å². The van der Waals surface area contributed by atoms with Crippen LogP contribution < -0.4 is 0 Å². The van der Waals surface area contributed by atoms with Crippen LogP contribution in [-0.4, -0.2) is 16.0 Å². The summed E-state index contributed by atoms with van der Waals surface area (Å²) >= 11 is 4.95. The van der Waals surface area contributed by atoms with Gasteiger partial charge in [-0.25, -0.2) is 0 Å². The van der Waals surface area contributed by atoms with Crippen LogP contribution in [0.3, 0.4) is 0 Å². The fraction of sp³-hybridized carbons (Fsp3) is 0.750. The normalized spacial score (nSPS) is 9.83. The standard InChI is InChI=1S/C8H14O2S2/c1-2-4-8(10)12-6-3-5-7(9)11/h2-6H2,1H3,(H,9,11). The molecule has 0 unspecified atom stereocenters. The molecule has 0 aromatic heterocycles. The first kappa shape index (κ1) is 12.0. The van der Waals surface area contributed by atoms with E-state index in [1.165, 1.54) is 11.8 Å². The molecular formula is C8H14O2S2. The van der Waals surface area contributed by atoms with Crippen LogP contribution >= 0.6 is 24.4 Å². The van der Waals surface area contributed by atoms with Crippen LogP contribution in [0.4, 0.5) is 0 Å². The van der Waals surface area contributed by atoms with Crippen molar-refractivity contribution in [3.8, 4) is 0 Å². The lowest BCUT2D eigenvalue weighted by atomic mass is 10.4. The molecule has 0 spiro atoms. The second kappa shape index (κ2) is 7.68. The zero-order valence-electron chi connectivity index (χ0n) is 7.21. The average Bonchev–Trinajstić information content (AvgIpc) is 1.98. The lowest BCUT2D eigenvalue weighted by Gasteiger charge is -1.96. The summed E-state index contributed by atoms with van der Waals surface area (Å²) in [6.45, 7) is 1.98. The molecule has 12 heavy (non-hydrogen) atoms. The van der Waals surface area contributed by atoms with E-state index >= 15 is 0 Å². The number of hydrogen-bond donors (Lipinski definition) is 1. The Kier molecular flexibility index (Phi) is 7.70. The van der Waals surface area contributed by atoms with Crippen LogP contribution in [-0.2, 0) is 9.59 Å². The summed E-state index contributed by atoms with van der Waals surface area (Å²) in [5.74, 6) is 0.741. The fourth-order valence-electron chi connectivity index (χ4n) is 0.686. The summed E-state index contributed by atoms with van der Waals surface area (Å²) in [5.41, 5.74) is 0. The van der Waals surface area contributed by atoms with Crippen LogP contribution in [0.25, 0.3) is 0 Å². The Hall–Kier alpha value is 0.0400. The van der Waals surface area contributed by atoms with Gasteiger partial charge >= 0.3 is 0 Å². The largest absolute Gasteiger partial charge is 0.288 e. The van der Waals surface area contributed by atoms with Gasteiger partial charge < -0.3 is 0 Å². The van der Waals surface area contributed by atoms with Crippen molar-refractivity contribution in [1.29, 1.82) is 0 Å². The summed E-state index contributed by atoms with van der Waals surface area (Å²) < 4.78 is 0. The summed E-state index contributed by atoms with van der Waals surface area (Å²) in [4.78, 5) is 21.3. The third-order valence-electron chi connectivity index (χ3n) is 1.25. The minimum atomic E-state index is -0.0986. The molecule has 0 aromatic rings. The monoisotopic (exact) mass is 206 g/mol. The number of hydrogen-bond acceptors (Lipinski definition) is 3. The maximum absolute atomic E-state index is 10.9. The van der Waals surface area contributed by atoms with Crippen molar-refractivity contribution < 1.29 is 9.59 Å². The first-order valence-electron chi connectivity index (χ1n) is 4.04. The molecule has 0 aliphatic heterocycles. The van der Waals surface area contributed by atoms with E-state index in [1.807, 2.05) is 6.92 Å². The van der Waals surface area contributed by atoms with Crippen LogP contribution in [0.5, 0.6) is 0 Å². The Morgan fingerprint density at radius 1 is 1.33 bits per heavy atom. The molecule has 0 fully saturated rings. The van der Waals surface area contributed by atoms with Gasteiger partial charge in [-0.1, -0.05) is 18.7 Å². The minimum absolute atomic E-state index is 0.0986. The maximum atomic E-state index is 10.9. The van der Waals surface area contributed by atoms with Gasteiger partial charge in [0, 0.05) is 18.6 Å². The predicted octanol–water partition coefficient (Wildman–Crippen LogP) is 2.28. The molecule has 0 amide bonds. The number of carbonyl (C=O) groups is 2. The Balaban J connectivity index is 3.19. The van der Waals surface area contributed by atoms with E-state index in [-0.39, 0.29) is 10.2 Å². The molecule has 0 radical (unpaired) electrons. The highest BCUT2D eigenvalue weighted by Crippen LogP contribution is 2.10. The van der Waals surface area contributed by atoms with Gasteiger partial charge in [-0.2, -0.15) is 0 Å². The van der Waals surface area contributed by atoms with E-state index in [1.54, 1.807) is 0 Å². The molecule has 0 aliphatic carbocycles. The van der Waals surface area contributed by atoms with Crippen LogP contribution in [0.2, 0.25) is 0 Å². The highest BCUT2D eigenvalue weighted by molar-refractivity contribution is 8.13. The highest BCUT2D eigenvalue weighted by Gasteiger charge is 2.01. The Morgan fingerprint density at radius 2 is 2.00 bits per heavy atom. The first-order chi connectivity index (χ1) is 5.66. The van der Waals surface area contributed by atoms with E-state index in [0.29, 0.717) is 12.8 Å². The zero-order valence-corrected chi connectivity index (χ0v) is 8.92. The van der Waals surface area contributed by atoms with Crippen molar-refractivity contribution >= 4 is 34.6 Å². The van der Waals surface area contributed by atoms with Gasteiger partial charge in [0.25, 0.3) is 0 Å². The molecule has 0 atom stereocenters. The van der Waals surface area contributed by atoms with E-state index < -0.39 is 0 Å². The second-order valence-electron chi connectivity index (χ2n) is 2.47. The van der Waals surface area contributed by atoms with E-state index in [2.05, 4.69) is 12.6 Å². The molecule has 0 rings (SSSR count). The molecule has 2 nitrogen and oxygen atoms in total. The lowest BCUT2D eigenvalue weighted by Crippen LogP contribution is -1.94. The molecule has 0 saturated carbocycles. The van der Waals surface area contributed by atoms with Gasteiger partial charge in [0.1, 0.15) is 0 Å². The van der Waals surface area contributed by atoms with Crippen LogP contribution in [0, 0.1) is 0 Å². The molecule has 0 saturated heterocycles. The van der Waals surface area contributed by atoms with Gasteiger partial charge in [0.15, 0.2) is 10.2 Å². The van der Waals surface area contributed by atoms with E-state index in [0.717, 1.165) is 18.6 Å². The summed E-state index contributed by atoms with van der Waals surface area (Å²) in [6, 6.07) is 0. The second-order valence-corrected chi connectivity index (χ2v) is 4.12. The molecule has 0 heterocycles. The van der Waals surface area contributed by atoms with Gasteiger partial charge in [-0.15, -0.1) is 12.6 Å². The number of carbonyl (C=O) groups excluding carboxylic acids is 2. The quantitative estimate of drug-likeness (QED) is 0.535. The number of thioether (sulfide) groups is 1. The van der Waals surface area contributed by atoms with Crippen molar-refractivity contribution in [3.63, 3.8) is 0 Å². The van der Waals surface area contributed by atoms with Gasteiger partial charge in [-0.05, 0) is 12.8 Å². The minimum Gasteiger partial charge on any atom is -0.288 e. The first-order valence-corrected chi connectivity index (χ1v) is 5.47. The summed E-state index contributed by atoms with van der Waals surface area (Å²) in [6.07, 6.45) is 2.76. The van der Waals surface area contributed by atoms with Gasteiger partial charge in [0.2, 0.25) is 0 Å². The SMILES string of the molecule is CCCC(=O)SCCCC(=O)S. The van der Waals surface area contributed by atoms with Gasteiger partial charge in [-0.3, -0.25) is 9.59 Å². The fourth-order valence-corrected chi connectivity index (χ4v) is 1.71. The van der Waals surface area contributed by atoms with Crippen molar-refractivity contribution in [2.75, 3.05) is 5.75 Å². The Morgan fingerprint density at radius 3 is 2.50 bits per heavy atom. The van der Waals surface area contributed by atoms with Crippen molar-refractivity contribution in [1.82, 2.24) is 0 Å². The topological polar surface area (TPSA) is 34.1 Å². The van der Waals surface area contributed by atoms with Crippen LogP contribution in [0.15, 0.2) is 0 Å². The highest BCUT2D eigenvalue weighted by atomic mass is 32.2. The Labute approximate surface area is 82.9 Å². The molecule has 0 N–H and O–H groups in total. The van der Waals surface area contributed by atoms with Crippen molar-refractivity contribution in [2.24, 2.45) is 0 Å².